The molecule has 1 aliphatic heterocycles. The third-order valence-corrected chi connectivity index (χ3v) is 5.20. The van der Waals surface area contributed by atoms with E-state index in [1.54, 1.807) is 14.2 Å². The number of hydrogen-bond acceptors (Lipinski definition) is 4. The zero-order chi connectivity index (χ0) is 18.5. The molecule has 0 aliphatic carbocycles. The first-order valence-electron chi connectivity index (χ1n) is 9.38. The Morgan fingerprint density at radius 1 is 0.923 bits per heavy atom. The predicted octanol–water partition coefficient (Wildman–Crippen LogP) is 3.71. The van der Waals surface area contributed by atoms with Crippen molar-refractivity contribution in [2.45, 2.75) is 26.3 Å². The van der Waals surface area contributed by atoms with Gasteiger partial charge < -0.3 is 14.8 Å². The minimum atomic E-state index is 0.177. The third kappa shape index (κ3) is 4.02. The normalized spacial score (nSPS) is 16.8. The highest BCUT2D eigenvalue weighted by molar-refractivity contribution is 5.48. The lowest BCUT2D eigenvalue weighted by Crippen LogP contribution is -2.33. The highest BCUT2D eigenvalue weighted by Gasteiger charge is 2.27. The van der Waals surface area contributed by atoms with Crippen LogP contribution in [0, 0.1) is 13.8 Å². The lowest BCUT2D eigenvalue weighted by Gasteiger charge is -2.33. The molecule has 140 valence electrons. The van der Waals surface area contributed by atoms with Crippen molar-refractivity contribution in [3.8, 4) is 11.5 Å². The molecule has 1 saturated heterocycles. The average Bonchev–Trinajstić information content (AvgIpc) is 2.94. The molecule has 3 rings (SSSR count). The highest BCUT2D eigenvalue weighted by Crippen LogP contribution is 2.38. The van der Waals surface area contributed by atoms with Gasteiger partial charge in [0.1, 0.15) is 11.5 Å². The summed E-state index contributed by atoms with van der Waals surface area (Å²) in [6.45, 7) is 8.55. The minimum absolute atomic E-state index is 0.177. The first-order valence-corrected chi connectivity index (χ1v) is 9.38. The molecular formula is C22H30N2O2. The van der Waals surface area contributed by atoms with E-state index in [1.165, 1.54) is 22.3 Å². The molecule has 0 bridgehead atoms. The fourth-order valence-electron chi connectivity index (χ4n) is 3.78. The van der Waals surface area contributed by atoms with Crippen LogP contribution in [0.15, 0.2) is 36.4 Å². The second kappa shape index (κ2) is 8.56. The number of hydrogen-bond donors (Lipinski definition) is 1. The molecule has 0 spiro atoms. The van der Waals surface area contributed by atoms with Crippen LogP contribution in [0.1, 0.15) is 34.7 Å². The van der Waals surface area contributed by atoms with Gasteiger partial charge in [0.25, 0.3) is 0 Å². The van der Waals surface area contributed by atoms with Crippen LogP contribution in [0.5, 0.6) is 11.5 Å². The van der Waals surface area contributed by atoms with E-state index in [0.29, 0.717) is 0 Å². The molecular weight excluding hydrogens is 324 g/mol. The lowest BCUT2D eigenvalue weighted by molar-refractivity contribution is 0.235. The Bertz CT molecular complexity index is 737. The summed E-state index contributed by atoms with van der Waals surface area (Å²) in [7, 11) is 3.43. The number of rotatable bonds is 5. The standard InChI is InChI=1S/C22H30N2O2/c1-16-6-7-17(2)20(14-16)22(24-12-5-10-23-11-13-24)19-9-8-18(25-3)15-21(19)26-4/h6-9,14-15,22-23H,5,10-13H2,1-4H3. The Morgan fingerprint density at radius 2 is 1.77 bits per heavy atom. The molecule has 0 radical (unpaired) electrons. The molecule has 1 aliphatic rings. The summed E-state index contributed by atoms with van der Waals surface area (Å²) >= 11 is 0. The van der Waals surface area contributed by atoms with Crippen molar-refractivity contribution in [1.82, 2.24) is 10.2 Å². The predicted molar refractivity (Wildman–Crippen MR) is 106 cm³/mol. The lowest BCUT2D eigenvalue weighted by atomic mass is 9.91. The van der Waals surface area contributed by atoms with Crippen molar-refractivity contribution in [3.63, 3.8) is 0 Å². The maximum absolute atomic E-state index is 5.76. The van der Waals surface area contributed by atoms with E-state index in [-0.39, 0.29) is 6.04 Å². The molecule has 1 atom stereocenters. The largest absolute Gasteiger partial charge is 0.497 e. The molecule has 2 aromatic carbocycles. The zero-order valence-electron chi connectivity index (χ0n) is 16.3. The van der Waals surface area contributed by atoms with Gasteiger partial charge in [0.2, 0.25) is 0 Å². The van der Waals surface area contributed by atoms with Gasteiger partial charge in [-0.1, -0.05) is 23.8 Å². The van der Waals surface area contributed by atoms with Gasteiger partial charge in [-0.3, -0.25) is 4.90 Å². The summed E-state index contributed by atoms with van der Waals surface area (Å²) < 4.78 is 11.2. The smallest absolute Gasteiger partial charge is 0.127 e. The van der Waals surface area contributed by atoms with Crippen molar-refractivity contribution >= 4 is 0 Å². The Balaban J connectivity index is 2.12. The number of aryl methyl sites for hydroxylation is 2. The SMILES string of the molecule is COc1ccc(C(c2cc(C)ccc2C)N2CCCNCC2)c(OC)c1. The molecule has 4 heteroatoms. The van der Waals surface area contributed by atoms with Crippen LogP contribution in [-0.2, 0) is 0 Å². The van der Waals surface area contributed by atoms with E-state index >= 15 is 0 Å². The van der Waals surface area contributed by atoms with Crippen LogP contribution >= 0.6 is 0 Å². The van der Waals surface area contributed by atoms with Crippen molar-refractivity contribution in [2.75, 3.05) is 40.4 Å². The molecule has 1 unspecified atom stereocenters. The first-order chi connectivity index (χ1) is 12.6. The van der Waals surface area contributed by atoms with E-state index < -0.39 is 0 Å². The van der Waals surface area contributed by atoms with Crippen molar-refractivity contribution in [3.05, 3.63) is 58.7 Å². The van der Waals surface area contributed by atoms with Crippen LogP contribution in [0.4, 0.5) is 0 Å². The molecule has 1 N–H and O–H groups in total. The summed E-state index contributed by atoms with van der Waals surface area (Å²) in [5.41, 5.74) is 5.16. The van der Waals surface area contributed by atoms with Crippen LogP contribution in [-0.4, -0.2) is 45.3 Å². The average molecular weight is 354 g/mol. The summed E-state index contributed by atoms with van der Waals surface area (Å²) in [6.07, 6.45) is 1.15. The van der Waals surface area contributed by atoms with Crippen molar-refractivity contribution in [1.29, 1.82) is 0 Å². The fourth-order valence-corrected chi connectivity index (χ4v) is 3.78. The van der Waals surface area contributed by atoms with Gasteiger partial charge in [-0.15, -0.1) is 0 Å². The van der Waals surface area contributed by atoms with Gasteiger partial charge >= 0.3 is 0 Å². The van der Waals surface area contributed by atoms with Gasteiger partial charge in [0, 0.05) is 31.3 Å². The molecule has 0 aromatic heterocycles. The quantitative estimate of drug-likeness (QED) is 0.888. The second-order valence-electron chi connectivity index (χ2n) is 7.01. The van der Waals surface area contributed by atoms with Crippen molar-refractivity contribution < 1.29 is 9.47 Å². The summed E-state index contributed by atoms with van der Waals surface area (Å²) in [4.78, 5) is 2.58. The van der Waals surface area contributed by atoms with Gasteiger partial charge in [-0.25, -0.2) is 0 Å². The van der Waals surface area contributed by atoms with E-state index in [0.717, 1.165) is 44.1 Å². The summed E-state index contributed by atoms with van der Waals surface area (Å²) in [5.74, 6) is 1.70. The highest BCUT2D eigenvalue weighted by atomic mass is 16.5. The van der Waals surface area contributed by atoms with Crippen LogP contribution in [0.3, 0.4) is 0 Å². The third-order valence-electron chi connectivity index (χ3n) is 5.20. The molecule has 1 heterocycles. The van der Waals surface area contributed by atoms with E-state index in [9.17, 15) is 0 Å². The summed E-state index contributed by atoms with van der Waals surface area (Å²) in [6, 6.07) is 13.1. The number of methoxy groups -OCH3 is 2. The Hall–Kier alpha value is -2.04. The van der Waals surface area contributed by atoms with Crippen LogP contribution < -0.4 is 14.8 Å². The Labute approximate surface area is 157 Å². The van der Waals surface area contributed by atoms with Gasteiger partial charge in [-0.2, -0.15) is 0 Å². The molecule has 1 fully saturated rings. The van der Waals surface area contributed by atoms with Crippen LogP contribution in [0.25, 0.3) is 0 Å². The number of benzene rings is 2. The van der Waals surface area contributed by atoms with E-state index in [1.807, 2.05) is 12.1 Å². The van der Waals surface area contributed by atoms with Crippen LogP contribution in [0.2, 0.25) is 0 Å². The van der Waals surface area contributed by atoms with Crippen molar-refractivity contribution in [2.24, 2.45) is 0 Å². The second-order valence-corrected chi connectivity index (χ2v) is 7.01. The zero-order valence-corrected chi connectivity index (χ0v) is 16.3. The van der Waals surface area contributed by atoms with Gasteiger partial charge in [0.05, 0.1) is 20.3 Å². The topological polar surface area (TPSA) is 33.7 Å². The number of ether oxygens (including phenoxy) is 2. The van der Waals surface area contributed by atoms with Gasteiger partial charge in [0.15, 0.2) is 0 Å². The summed E-state index contributed by atoms with van der Waals surface area (Å²) in [5, 5.41) is 3.51. The molecule has 2 aromatic rings. The molecule has 26 heavy (non-hydrogen) atoms. The first kappa shape index (κ1) is 18.7. The maximum atomic E-state index is 5.76. The number of nitrogens with zero attached hydrogens (tertiary/aromatic N) is 1. The molecule has 4 nitrogen and oxygen atoms in total. The Morgan fingerprint density at radius 3 is 2.54 bits per heavy atom. The Kier molecular flexibility index (Phi) is 6.17. The van der Waals surface area contributed by atoms with Gasteiger partial charge in [-0.05, 0) is 50.1 Å². The molecule has 0 amide bonds. The monoisotopic (exact) mass is 354 g/mol. The maximum Gasteiger partial charge on any atom is 0.127 e. The minimum Gasteiger partial charge on any atom is -0.497 e. The number of nitrogens with one attached hydrogen (secondary N) is 1. The van der Waals surface area contributed by atoms with E-state index in [2.05, 4.69) is 48.3 Å². The fraction of sp³-hybridized carbons (Fsp3) is 0.455. The van der Waals surface area contributed by atoms with E-state index in [4.69, 9.17) is 9.47 Å². The molecule has 0 saturated carbocycles.